The smallest absolute Gasteiger partial charge is 0.243 e. The second kappa shape index (κ2) is 6.27. The Hall–Kier alpha value is -1.58. The van der Waals surface area contributed by atoms with E-state index in [-0.39, 0.29) is 16.7 Å². The van der Waals surface area contributed by atoms with Crippen molar-refractivity contribution < 1.29 is 13.2 Å². The standard InChI is InChI=1S/C13H18N4O3S2/c1-8(2)11(13(18)17(3)4)16-22(19,20)10-7-5-6-9-12(10)15-21-14-9/h5-8,11,16H,1-4H3/t11-/m0/s1. The minimum atomic E-state index is -3.87. The maximum absolute atomic E-state index is 12.6. The maximum atomic E-state index is 12.6. The van der Waals surface area contributed by atoms with Crippen LogP contribution in [0.1, 0.15) is 13.8 Å². The number of hydrogen-bond acceptors (Lipinski definition) is 6. The highest BCUT2D eigenvalue weighted by atomic mass is 32.2. The molecular weight excluding hydrogens is 324 g/mol. The van der Waals surface area contributed by atoms with E-state index >= 15 is 0 Å². The zero-order valence-corrected chi connectivity index (χ0v) is 14.4. The third-order valence-corrected chi connectivity index (χ3v) is 5.21. The van der Waals surface area contributed by atoms with E-state index in [2.05, 4.69) is 13.5 Å². The molecule has 1 heterocycles. The van der Waals surface area contributed by atoms with E-state index in [4.69, 9.17) is 0 Å². The number of sulfonamides is 1. The number of amides is 1. The largest absolute Gasteiger partial charge is 0.347 e. The second-order valence-corrected chi connectivity index (χ2v) is 7.67. The molecule has 0 saturated heterocycles. The van der Waals surface area contributed by atoms with Crippen molar-refractivity contribution in [2.24, 2.45) is 5.92 Å². The lowest BCUT2D eigenvalue weighted by molar-refractivity contribution is -0.131. The molecule has 0 aliphatic rings. The normalized spacial score (nSPS) is 13.5. The molecule has 1 atom stereocenters. The third-order valence-electron chi connectivity index (χ3n) is 3.19. The molecule has 0 bridgehead atoms. The van der Waals surface area contributed by atoms with Crippen LogP contribution in [0.3, 0.4) is 0 Å². The van der Waals surface area contributed by atoms with Crippen molar-refractivity contribution in [2.45, 2.75) is 24.8 Å². The van der Waals surface area contributed by atoms with Gasteiger partial charge in [-0.05, 0) is 18.1 Å². The predicted molar refractivity (Wildman–Crippen MR) is 85.1 cm³/mol. The van der Waals surface area contributed by atoms with Gasteiger partial charge in [0.15, 0.2) is 0 Å². The Balaban J connectivity index is 2.42. The Kier molecular flexibility index (Phi) is 4.78. The van der Waals surface area contributed by atoms with E-state index in [1.54, 1.807) is 40.1 Å². The number of nitrogens with zero attached hydrogens (tertiary/aromatic N) is 3. The van der Waals surface area contributed by atoms with Gasteiger partial charge in [0.2, 0.25) is 15.9 Å². The first-order valence-corrected chi connectivity index (χ1v) is 8.90. The van der Waals surface area contributed by atoms with Crippen molar-refractivity contribution in [1.82, 2.24) is 18.4 Å². The Morgan fingerprint density at radius 3 is 2.55 bits per heavy atom. The van der Waals surface area contributed by atoms with Crippen LogP contribution in [0.25, 0.3) is 11.0 Å². The molecule has 0 spiro atoms. The summed E-state index contributed by atoms with van der Waals surface area (Å²) in [7, 11) is -0.684. The van der Waals surface area contributed by atoms with E-state index in [0.29, 0.717) is 11.0 Å². The molecule has 2 rings (SSSR count). The lowest BCUT2D eigenvalue weighted by atomic mass is 10.0. The molecule has 2 aromatic rings. The molecule has 0 aliphatic heterocycles. The van der Waals surface area contributed by atoms with Crippen molar-refractivity contribution in [3.63, 3.8) is 0 Å². The maximum Gasteiger partial charge on any atom is 0.243 e. The summed E-state index contributed by atoms with van der Waals surface area (Å²) in [6, 6.07) is 3.94. The fraction of sp³-hybridized carbons (Fsp3) is 0.462. The van der Waals surface area contributed by atoms with Crippen LogP contribution in [0.4, 0.5) is 0 Å². The molecule has 120 valence electrons. The predicted octanol–water partition coefficient (Wildman–Crippen LogP) is 1.08. The first kappa shape index (κ1) is 16.8. The number of carbonyl (C=O) groups excluding carboxylic acids is 1. The molecule has 1 aromatic heterocycles. The third kappa shape index (κ3) is 3.26. The zero-order valence-electron chi connectivity index (χ0n) is 12.8. The minimum Gasteiger partial charge on any atom is -0.347 e. The van der Waals surface area contributed by atoms with E-state index in [1.807, 2.05) is 0 Å². The van der Waals surface area contributed by atoms with Crippen molar-refractivity contribution in [1.29, 1.82) is 0 Å². The molecule has 1 N–H and O–H groups in total. The van der Waals surface area contributed by atoms with Crippen molar-refractivity contribution in [3.8, 4) is 0 Å². The van der Waals surface area contributed by atoms with Gasteiger partial charge in [0.05, 0.1) is 11.7 Å². The van der Waals surface area contributed by atoms with Crippen LogP contribution in [0.5, 0.6) is 0 Å². The molecule has 0 fully saturated rings. The van der Waals surface area contributed by atoms with E-state index in [1.165, 1.54) is 11.0 Å². The number of rotatable bonds is 5. The zero-order chi connectivity index (χ0) is 16.5. The van der Waals surface area contributed by atoms with Crippen LogP contribution in [0.2, 0.25) is 0 Å². The van der Waals surface area contributed by atoms with Crippen LogP contribution >= 0.6 is 11.7 Å². The molecule has 7 nitrogen and oxygen atoms in total. The van der Waals surface area contributed by atoms with Gasteiger partial charge in [-0.25, -0.2) is 8.42 Å². The highest BCUT2D eigenvalue weighted by Crippen LogP contribution is 2.22. The van der Waals surface area contributed by atoms with Crippen LogP contribution in [-0.4, -0.2) is 48.1 Å². The summed E-state index contributed by atoms with van der Waals surface area (Å²) in [5, 5.41) is 0. The summed E-state index contributed by atoms with van der Waals surface area (Å²) in [6.07, 6.45) is 0. The average Bonchev–Trinajstić information content (AvgIpc) is 2.91. The summed E-state index contributed by atoms with van der Waals surface area (Å²) < 4.78 is 35.8. The minimum absolute atomic E-state index is 0.0379. The Bertz CT molecular complexity index is 783. The lowest BCUT2D eigenvalue weighted by Gasteiger charge is -2.24. The number of aromatic nitrogens is 2. The van der Waals surface area contributed by atoms with Crippen molar-refractivity contribution in [2.75, 3.05) is 14.1 Å². The van der Waals surface area contributed by atoms with Gasteiger partial charge in [-0.15, -0.1) is 0 Å². The summed E-state index contributed by atoms with van der Waals surface area (Å²) in [5.41, 5.74) is 0.840. The van der Waals surface area contributed by atoms with Crippen LogP contribution in [0, 0.1) is 5.92 Å². The Labute approximate surface area is 133 Å². The molecule has 0 saturated carbocycles. The summed E-state index contributed by atoms with van der Waals surface area (Å²) >= 11 is 0.952. The molecule has 0 radical (unpaired) electrons. The molecule has 0 unspecified atom stereocenters. The highest BCUT2D eigenvalue weighted by Gasteiger charge is 2.30. The number of likely N-dealkylation sites (N-methyl/N-ethyl adjacent to an activating group) is 1. The first-order valence-electron chi connectivity index (χ1n) is 6.69. The van der Waals surface area contributed by atoms with Gasteiger partial charge in [-0.1, -0.05) is 19.9 Å². The van der Waals surface area contributed by atoms with Crippen LogP contribution in [0.15, 0.2) is 23.1 Å². The quantitative estimate of drug-likeness (QED) is 0.878. The molecular formula is C13H18N4O3S2. The lowest BCUT2D eigenvalue weighted by Crippen LogP contribution is -2.49. The number of hydrogen-bond donors (Lipinski definition) is 1. The molecule has 0 aliphatic carbocycles. The SMILES string of the molecule is CC(C)[C@H](NS(=O)(=O)c1cccc2nsnc12)C(=O)N(C)C. The van der Waals surface area contributed by atoms with Gasteiger partial charge in [-0.3, -0.25) is 4.79 Å². The molecule has 1 aromatic carbocycles. The van der Waals surface area contributed by atoms with Crippen LogP contribution in [-0.2, 0) is 14.8 Å². The number of benzene rings is 1. The topological polar surface area (TPSA) is 92.3 Å². The number of fused-ring (bicyclic) bond motifs is 1. The van der Waals surface area contributed by atoms with Crippen molar-refractivity contribution in [3.05, 3.63) is 18.2 Å². The molecule has 22 heavy (non-hydrogen) atoms. The first-order chi connectivity index (χ1) is 10.2. The number of nitrogens with one attached hydrogen (secondary N) is 1. The monoisotopic (exact) mass is 342 g/mol. The van der Waals surface area contributed by atoms with E-state index in [0.717, 1.165) is 11.7 Å². The van der Waals surface area contributed by atoms with Gasteiger partial charge < -0.3 is 4.90 Å². The average molecular weight is 342 g/mol. The van der Waals surface area contributed by atoms with Gasteiger partial charge in [0.25, 0.3) is 0 Å². The van der Waals surface area contributed by atoms with Gasteiger partial charge in [0, 0.05) is 14.1 Å². The Morgan fingerprint density at radius 2 is 1.95 bits per heavy atom. The summed E-state index contributed by atoms with van der Waals surface area (Å²) in [6.45, 7) is 3.58. The van der Waals surface area contributed by atoms with Crippen LogP contribution < -0.4 is 4.72 Å². The highest BCUT2D eigenvalue weighted by molar-refractivity contribution is 7.89. The fourth-order valence-electron chi connectivity index (χ4n) is 1.98. The van der Waals surface area contributed by atoms with Gasteiger partial charge >= 0.3 is 0 Å². The summed E-state index contributed by atoms with van der Waals surface area (Å²) in [5.74, 6) is -0.473. The second-order valence-electron chi connectivity index (χ2n) is 5.46. The van der Waals surface area contributed by atoms with Gasteiger partial charge in [-0.2, -0.15) is 13.5 Å². The van der Waals surface area contributed by atoms with Gasteiger partial charge in [0.1, 0.15) is 22.0 Å². The fourth-order valence-corrected chi connectivity index (χ4v) is 4.08. The van der Waals surface area contributed by atoms with E-state index in [9.17, 15) is 13.2 Å². The molecule has 9 heteroatoms. The Morgan fingerprint density at radius 1 is 1.27 bits per heavy atom. The van der Waals surface area contributed by atoms with E-state index < -0.39 is 16.1 Å². The molecule has 1 amide bonds. The summed E-state index contributed by atoms with van der Waals surface area (Å²) in [4.78, 5) is 13.6. The number of carbonyl (C=O) groups is 1. The van der Waals surface area contributed by atoms with Crippen molar-refractivity contribution >= 4 is 38.7 Å².